The minimum absolute atomic E-state index is 0. The van der Waals surface area contributed by atoms with Crippen LogP contribution in [0.3, 0.4) is 0 Å². The fourth-order valence-corrected chi connectivity index (χ4v) is 2.37. The fraction of sp³-hybridized carbons (Fsp3) is 0.500. The van der Waals surface area contributed by atoms with Crippen LogP contribution in [0.25, 0.3) is 0 Å². The summed E-state index contributed by atoms with van der Waals surface area (Å²) in [6, 6.07) is 5.17. The van der Waals surface area contributed by atoms with Crippen LogP contribution in [0, 0.1) is 6.92 Å². The average Bonchev–Trinajstić information content (AvgIpc) is 2.97. The summed E-state index contributed by atoms with van der Waals surface area (Å²) in [6.45, 7) is 3.81. The molecule has 2 N–H and O–H groups in total. The first-order valence-corrected chi connectivity index (χ1v) is 8.83. The second-order valence-electron chi connectivity index (χ2n) is 6.18. The van der Waals surface area contributed by atoms with Crippen LogP contribution in [0.15, 0.2) is 29.3 Å². The van der Waals surface area contributed by atoms with Gasteiger partial charge in [0.1, 0.15) is 12.4 Å². The molecular formula is C18H26F3IN6O. The number of aryl methyl sites for hydroxylation is 1. The number of ether oxygens (including phenoxy) is 1. The second kappa shape index (κ2) is 12.0. The van der Waals surface area contributed by atoms with Gasteiger partial charge in [-0.05, 0) is 31.0 Å². The lowest BCUT2D eigenvalue weighted by Gasteiger charge is -2.13. The summed E-state index contributed by atoms with van der Waals surface area (Å²) in [4.78, 5) is 4.48. The van der Waals surface area contributed by atoms with Crippen molar-refractivity contribution in [2.45, 2.75) is 26.1 Å². The van der Waals surface area contributed by atoms with Gasteiger partial charge in [-0.15, -0.1) is 34.2 Å². The smallest absolute Gasteiger partial charge is 0.383 e. The van der Waals surface area contributed by atoms with Crippen molar-refractivity contribution in [2.75, 3.05) is 26.8 Å². The predicted molar refractivity (Wildman–Crippen MR) is 115 cm³/mol. The first kappa shape index (κ1) is 25.1. The fourth-order valence-electron chi connectivity index (χ4n) is 2.37. The number of benzene rings is 1. The topological polar surface area (TPSA) is 76.4 Å². The molecule has 0 aliphatic rings. The summed E-state index contributed by atoms with van der Waals surface area (Å²) in [7, 11) is 3.48. The minimum Gasteiger partial charge on any atom is -0.383 e. The Labute approximate surface area is 185 Å². The zero-order chi connectivity index (χ0) is 20.6. The molecule has 7 nitrogen and oxygen atoms in total. The van der Waals surface area contributed by atoms with Crippen LogP contribution in [-0.4, -0.2) is 47.5 Å². The largest absolute Gasteiger partial charge is 0.416 e. The van der Waals surface area contributed by atoms with Gasteiger partial charge >= 0.3 is 6.18 Å². The number of aliphatic imine (C=N–C) groups is 1. The van der Waals surface area contributed by atoms with E-state index < -0.39 is 11.7 Å². The highest BCUT2D eigenvalue weighted by Crippen LogP contribution is 2.29. The Hall–Kier alpha value is -1.89. The lowest BCUT2D eigenvalue weighted by Crippen LogP contribution is -2.40. The van der Waals surface area contributed by atoms with Crippen LogP contribution < -0.4 is 10.6 Å². The molecule has 0 fully saturated rings. The summed E-state index contributed by atoms with van der Waals surface area (Å²) in [6.07, 6.45) is -3.76. The lowest BCUT2D eigenvalue weighted by molar-refractivity contribution is -0.137. The van der Waals surface area contributed by atoms with E-state index >= 15 is 0 Å². The van der Waals surface area contributed by atoms with E-state index in [1.54, 1.807) is 7.11 Å². The van der Waals surface area contributed by atoms with E-state index in [1.165, 1.54) is 12.1 Å². The number of guanidine groups is 1. The maximum absolute atomic E-state index is 12.6. The molecule has 2 rings (SSSR count). The van der Waals surface area contributed by atoms with Gasteiger partial charge in [-0.25, -0.2) is 4.99 Å². The molecule has 0 saturated heterocycles. The molecular weight excluding hydrogens is 500 g/mol. The third-order valence-corrected chi connectivity index (χ3v) is 4.15. The quantitative estimate of drug-likeness (QED) is 0.240. The molecule has 1 heterocycles. The highest BCUT2D eigenvalue weighted by Gasteiger charge is 2.29. The second-order valence-corrected chi connectivity index (χ2v) is 6.18. The Morgan fingerprint density at radius 3 is 2.34 bits per heavy atom. The maximum Gasteiger partial charge on any atom is 0.416 e. The Bertz CT molecular complexity index is 777. The molecule has 0 amide bonds. The number of methoxy groups -OCH3 is 1. The van der Waals surface area contributed by atoms with Gasteiger partial charge in [0.25, 0.3) is 0 Å². The van der Waals surface area contributed by atoms with Crippen LogP contribution in [0.1, 0.15) is 22.8 Å². The van der Waals surface area contributed by atoms with Crippen LogP contribution in [-0.2, 0) is 30.9 Å². The molecule has 0 unspecified atom stereocenters. The molecule has 0 bridgehead atoms. The van der Waals surface area contributed by atoms with E-state index in [0.29, 0.717) is 38.6 Å². The Balaban J connectivity index is 0.00000420. The van der Waals surface area contributed by atoms with E-state index in [4.69, 9.17) is 4.74 Å². The molecule has 0 aliphatic heterocycles. The third kappa shape index (κ3) is 8.17. The number of nitrogens with one attached hydrogen (secondary N) is 2. The van der Waals surface area contributed by atoms with Gasteiger partial charge < -0.3 is 19.9 Å². The summed E-state index contributed by atoms with van der Waals surface area (Å²) in [5.74, 6) is 2.10. The molecule has 162 valence electrons. The van der Waals surface area contributed by atoms with Crippen molar-refractivity contribution in [2.24, 2.45) is 12.0 Å². The molecule has 11 heteroatoms. The molecule has 0 aliphatic carbocycles. The van der Waals surface area contributed by atoms with Crippen molar-refractivity contribution in [3.8, 4) is 0 Å². The van der Waals surface area contributed by atoms with Crippen molar-refractivity contribution in [3.63, 3.8) is 0 Å². The molecule has 29 heavy (non-hydrogen) atoms. The standard InChI is InChI=1S/C18H25F3N6O.HI/c1-13-25-26-16(27(13)2)12-24-17(23-10-11-28-3)22-9-8-14-4-6-15(7-5-14)18(19,20)21;/h4-7H,8-12H2,1-3H3,(H2,22,23,24);1H. The summed E-state index contributed by atoms with van der Waals surface area (Å²) >= 11 is 0. The van der Waals surface area contributed by atoms with Crippen molar-refractivity contribution in [1.29, 1.82) is 0 Å². The number of alkyl halides is 3. The van der Waals surface area contributed by atoms with Crippen molar-refractivity contribution >= 4 is 29.9 Å². The Morgan fingerprint density at radius 2 is 1.79 bits per heavy atom. The molecule has 2 aromatic rings. The van der Waals surface area contributed by atoms with E-state index in [-0.39, 0.29) is 24.0 Å². The van der Waals surface area contributed by atoms with Gasteiger partial charge in [0.15, 0.2) is 11.8 Å². The van der Waals surface area contributed by atoms with Gasteiger partial charge in [-0.3, -0.25) is 0 Å². The van der Waals surface area contributed by atoms with Crippen LogP contribution in [0.4, 0.5) is 13.2 Å². The highest BCUT2D eigenvalue weighted by atomic mass is 127. The summed E-state index contributed by atoms with van der Waals surface area (Å²) < 4.78 is 44.8. The van der Waals surface area contributed by atoms with Gasteiger partial charge in [0.2, 0.25) is 0 Å². The Morgan fingerprint density at radius 1 is 1.14 bits per heavy atom. The molecule has 0 spiro atoms. The van der Waals surface area contributed by atoms with Crippen LogP contribution >= 0.6 is 24.0 Å². The summed E-state index contributed by atoms with van der Waals surface area (Å²) in [5, 5.41) is 14.4. The third-order valence-electron chi connectivity index (χ3n) is 4.15. The van der Waals surface area contributed by atoms with Crippen LogP contribution in [0.5, 0.6) is 0 Å². The molecule has 0 saturated carbocycles. The SMILES string of the molecule is COCCNC(=NCc1nnc(C)n1C)NCCc1ccc(C(F)(F)F)cc1.I. The number of hydrogen-bond donors (Lipinski definition) is 2. The van der Waals surface area contributed by atoms with Crippen molar-refractivity contribution in [3.05, 3.63) is 47.0 Å². The minimum atomic E-state index is -4.32. The lowest BCUT2D eigenvalue weighted by atomic mass is 10.1. The molecule has 0 radical (unpaired) electrons. The van der Waals surface area contributed by atoms with Gasteiger partial charge in [0.05, 0.1) is 12.2 Å². The number of rotatable bonds is 8. The first-order chi connectivity index (χ1) is 13.3. The van der Waals surface area contributed by atoms with Gasteiger partial charge in [-0.1, -0.05) is 12.1 Å². The number of hydrogen-bond acceptors (Lipinski definition) is 4. The first-order valence-electron chi connectivity index (χ1n) is 8.83. The predicted octanol–water partition coefficient (Wildman–Crippen LogP) is 2.68. The number of aromatic nitrogens is 3. The van der Waals surface area contributed by atoms with Crippen molar-refractivity contribution < 1.29 is 17.9 Å². The van der Waals surface area contributed by atoms with E-state index in [0.717, 1.165) is 29.3 Å². The Kier molecular flexibility index (Phi) is 10.4. The van der Waals surface area contributed by atoms with E-state index in [1.807, 2.05) is 18.5 Å². The number of nitrogens with zero attached hydrogens (tertiary/aromatic N) is 4. The highest BCUT2D eigenvalue weighted by molar-refractivity contribution is 14.0. The zero-order valence-electron chi connectivity index (χ0n) is 16.6. The van der Waals surface area contributed by atoms with Crippen LogP contribution in [0.2, 0.25) is 0 Å². The van der Waals surface area contributed by atoms with Gasteiger partial charge in [0, 0.05) is 27.2 Å². The number of halogens is 4. The van der Waals surface area contributed by atoms with E-state index in [2.05, 4.69) is 25.8 Å². The molecule has 1 aromatic carbocycles. The maximum atomic E-state index is 12.6. The monoisotopic (exact) mass is 526 g/mol. The van der Waals surface area contributed by atoms with Gasteiger partial charge in [-0.2, -0.15) is 13.2 Å². The molecule has 0 atom stereocenters. The summed E-state index contributed by atoms with van der Waals surface area (Å²) in [5.41, 5.74) is 0.160. The van der Waals surface area contributed by atoms with E-state index in [9.17, 15) is 13.2 Å². The van der Waals surface area contributed by atoms with Crippen molar-refractivity contribution in [1.82, 2.24) is 25.4 Å². The normalized spacial score (nSPS) is 11.9. The average molecular weight is 526 g/mol. The zero-order valence-corrected chi connectivity index (χ0v) is 18.9. The molecule has 1 aromatic heterocycles.